The molecule has 1 rings (SSSR count). The van der Waals surface area contributed by atoms with E-state index >= 15 is 0 Å². The molecule has 3 nitrogen and oxygen atoms in total. The highest BCUT2D eigenvalue weighted by Crippen LogP contribution is 2.25. The Morgan fingerprint density at radius 1 is 1.39 bits per heavy atom. The Morgan fingerprint density at radius 3 is 2.50 bits per heavy atom. The third-order valence-corrected chi connectivity index (χ3v) is 3.44. The summed E-state index contributed by atoms with van der Waals surface area (Å²) in [6.07, 6.45) is 0.542. The number of thioether (sulfide) groups is 1. The van der Waals surface area contributed by atoms with Crippen molar-refractivity contribution in [2.45, 2.75) is 36.8 Å². The number of carbonyl (C=O) groups is 1. The van der Waals surface area contributed by atoms with Gasteiger partial charge in [-0.2, -0.15) is 5.26 Å². The van der Waals surface area contributed by atoms with Crippen molar-refractivity contribution in [2.75, 3.05) is 11.9 Å². The Hall–Kier alpha value is -1.47. The fourth-order valence-electron chi connectivity index (χ4n) is 1.50. The zero-order valence-corrected chi connectivity index (χ0v) is 11.8. The van der Waals surface area contributed by atoms with E-state index in [1.54, 1.807) is 23.7 Å². The number of anilines is 1. The van der Waals surface area contributed by atoms with Gasteiger partial charge >= 0.3 is 0 Å². The highest BCUT2D eigenvalue weighted by atomic mass is 32.2. The number of amides is 1. The van der Waals surface area contributed by atoms with Gasteiger partial charge in [0.2, 0.25) is 5.91 Å². The maximum Gasteiger partial charge on any atom is 0.227 e. The van der Waals surface area contributed by atoms with Crippen LogP contribution in [0, 0.1) is 11.3 Å². The minimum atomic E-state index is -0.0270. The first-order chi connectivity index (χ1) is 8.54. The van der Waals surface area contributed by atoms with Gasteiger partial charge in [0.15, 0.2) is 0 Å². The number of benzene rings is 1. The van der Waals surface area contributed by atoms with E-state index in [4.69, 9.17) is 5.26 Å². The summed E-state index contributed by atoms with van der Waals surface area (Å²) in [7, 11) is 1.74. The van der Waals surface area contributed by atoms with Crippen LogP contribution >= 0.6 is 11.8 Å². The zero-order chi connectivity index (χ0) is 13.5. The smallest absolute Gasteiger partial charge is 0.227 e. The summed E-state index contributed by atoms with van der Waals surface area (Å²) in [5.41, 5.74) is 0.867. The summed E-state index contributed by atoms with van der Waals surface area (Å²) >= 11 is 1.79. The molecule has 4 heteroatoms. The molecule has 18 heavy (non-hydrogen) atoms. The summed E-state index contributed by atoms with van der Waals surface area (Å²) in [5.74, 6) is -0.0270. The van der Waals surface area contributed by atoms with Crippen molar-refractivity contribution in [1.82, 2.24) is 0 Å². The Kier molecular flexibility index (Phi) is 5.73. The molecule has 0 fully saturated rings. The van der Waals surface area contributed by atoms with E-state index in [1.807, 2.05) is 30.3 Å². The molecule has 0 spiro atoms. The largest absolute Gasteiger partial charge is 0.315 e. The predicted molar refractivity (Wildman–Crippen MR) is 75.7 cm³/mol. The molecule has 0 N–H and O–H groups in total. The van der Waals surface area contributed by atoms with Crippen molar-refractivity contribution in [2.24, 2.45) is 0 Å². The van der Waals surface area contributed by atoms with Crippen molar-refractivity contribution < 1.29 is 4.79 Å². The lowest BCUT2D eigenvalue weighted by Gasteiger charge is -2.17. The van der Waals surface area contributed by atoms with Gasteiger partial charge in [-0.1, -0.05) is 13.8 Å². The number of hydrogen-bond donors (Lipinski definition) is 0. The van der Waals surface area contributed by atoms with E-state index in [2.05, 4.69) is 13.8 Å². The van der Waals surface area contributed by atoms with Crippen LogP contribution in [0.15, 0.2) is 29.2 Å². The van der Waals surface area contributed by atoms with E-state index in [-0.39, 0.29) is 18.7 Å². The van der Waals surface area contributed by atoms with E-state index in [1.165, 1.54) is 4.90 Å². The van der Waals surface area contributed by atoms with Crippen LogP contribution in [0.1, 0.15) is 26.7 Å². The van der Waals surface area contributed by atoms with Gasteiger partial charge < -0.3 is 4.90 Å². The lowest BCUT2D eigenvalue weighted by atomic mass is 10.2. The molecule has 1 amide bonds. The quantitative estimate of drug-likeness (QED) is 0.763. The van der Waals surface area contributed by atoms with E-state index in [9.17, 15) is 4.79 Å². The van der Waals surface area contributed by atoms with Crippen LogP contribution in [-0.4, -0.2) is 18.2 Å². The predicted octanol–water partition coefficient (Wildman–Crippen LogP) is 3.45. The Bertz CT molecular complexity index is 434. The van der Waals surface area contributed by atoms with Crippen LogP contribution in [0.4, 0.5) is 5.69 Å². The first-order valence-corrected chi connectivity index (χ1v) is 6.82. The molecule has 0 aliphatic carbocycles. The van der Waals surface area contributed by atoms with E-state index in [0.29, 0.717) is 5.25 Å². The lowest BCUT2D eigenvalue weighted by molar-refractivity contribution is -0.118. The molecule has 1 aromatic carbocycles. The first kappa shape index (κ1) is 14.6. The molecule has 96 valence electrons. The average molecular weight is 262 g/mol. The van der Waals surface area contributed by atoms with Gasteiger partial charge in [0.05, 0.1) is 6.07 Å². The van der Waals surface area contributed by atoms with Gasteiger partial charge in [-0.3, -0.25) is 4.79 Å². The lowest BCUT2D eigenvalue weighted by Crippen LogP contribution is -2.25. The molecule has 0 heterocycles. The monoisotopic (exact) mass is 262 g/mol. The van der Waals surface area contributed by atoms with E-state index < -0.39 is 0 Å². The Labute approximate surface area is 113 Å². The third-order valence-electron chi connectivity index (χ3n) is 2.42. The molecule has 0 radical (unpaired) electrons. The second-order valence-electron chi connectivity index (χ2n) is 4.27. The Morgan fingerprint density at radius 2 is 2.00 bits per heavy atom. The molecular formula is C14H18N2OS. The molecule has 0 aromatic heterocycles. The van der Waals surface area contributed by atoms with Crippen LogP contribution in [0.2, 0.25) is 0 Å². The number of nitriles is 1. The molecule has 0 bridgehead atoms. The molecule has 0 saturated heterocycles. The second kappa shape index (κ2) is 7.07. The molecule has 0 atom stereocenters. The maximum absolute atomic E-state index is 11.7. The van der Waals surface area contributed by atoms with Crippen molar-refractivity contribution in [1.29, 1.82) is 5.26 Å². The van der Waals surface area contributed by atoms with Crippen molar-refractivity contribution in [3.8, 4) is 6.07 Å². The fraction of sp³-hybridized carbons (Fsp3) is 0.429. The summed E-state index contributed by atoms with van der Waals surface area (Å²) in [6.45, 7) is 4.30. The van der Waals surface area contributed by atoms with Crippen LogP contribution in [0.5, 0.6) is 0 Å². The van der Waals surface area contributed by atoms with Crippen LogP contribution < -0.4 is 4.90 Å². The summed E-state index contributed by atoms with van der Waals surface area (Å²) in [4.78, 5) is 14.5. The van der Waals surface area contributed by atoms with Crippen molar-refractivity contribution in [3.05, 3.63) is 24.3 Å². The van der Waals surface area contributed by atoms with E-state index in [0.717, 1.165) is 5.69 Å². The van der Waals surface area contributed by atoms with Gasteiger partial charge in [0, 0.05) is 35.7 Å². The second-order valence-corrected chi connectivity index (χ2v) is 5.92. The van der Waals surface area contributed by atoms with Gasteiger partial charge in [0.1, 0.15) is 0 Å². The minimum Gasteiger partial charge on any atom is -0.315 e. The SMILES string of the molecule is CC(C)Sc1ccc(N(C)C(=O)CCC#N)cc1. The van der Waals surface area contributed by atoms with Crippen molar-refractivity contribution >= 4 is 23.4 Å². The maximum atomic E-state index is 11.7. The van der Waals surface area contributed by atoms with Crippen molar-refractivity contribution in [3.63, 3.8) is 0 Å². The number of rotatable bonds is 5. The molecule has 0 unspecified atom stereocenters. The van der Waals surface area contributed by atoms with Crippen LogP contribution in [0.25, 0.3) is 0 Å². The standard InChI is InChI=1S/C14H18N2OS/c1-11(2)18-13-8-6-12(7-9-13)16(3)14(17)5-4-10-15/h6-9,11H,4-5H2,1-3H3. The highest BCUT2D eigenvalue weighted by molar-refractivity contribution is 7.99. The van der Waals surface area contributed by atoms with Crippen LogP contribution in [-0.2, 0) is 4.79 Å². The molecule has 1 aromatic rings. The van der Waals surface area contributed by atoms with Crippen LogP contribution in [0.3, 0.4) is 0 Å². The fourth-order valence-corrected chi connectivity index (χ4v) is 2.33. The third kappa shape index (κ3) is 4.42. The normalized spacial score (nSPS) is 10.2. The minimum absolute atomic E-state index is 0.0270. The number of carbonyl (C=O) groups excluding carboxylic acids is 1. The van der Waals surface area contributed by atoms with Gasteiger partial charge in [-0.25, -0.2) is 0 Å². The van der Waals surface area contributed by atoms with Gasteiger partial charge in [-0.15, -0.1) is 11.8 Å². The summed E-state index contributed by atoms with van der Waals surface area (Å²) < 4.78 is 0. The Balaban J connectivity index is 2.67. The highest BCUT2D eigenvalue weighted by Gasteiger charge is 2.10. The number of hydrogen-bond acceptors (Lipinski definition) is 3. The first-order valence-electron chi connectivity index (χ1n) is 5.95. The molecular weight excluding hydrogens is 244 g/mol. The average Bonchev–Trinajstić information content (AvgIpc) is 2.35. The number of nitrogens with zero attached hydrogens (tertiary/aromatic N) is 2. The zero-order valence-electron chi connectivity index (χ0n) is 11.0. The molecule has 0 aliphatic heterocycles. The molecule has 0 aliphatic rings. The molecule has 0 saturated carbocycles. The topological polar surface area (TPSA) is 44.1 Å². The van der Waals surface area contributed by atoms with Gasteiger partial charge in [-0.05, 0) is 24.3 Å². The van der Waals surface area contributed by atoms with Gasteiger partial charge in [0.25, 0.3) is 0 Å². The summed E-state index contributed by atoms with van der Waals surface area (Å²) in [6, 6.07) is 9.91. The summed E-state index contributed by atoms with van der Waals surface area (Å²) in [5, 5.41) is 9.01.